The molecule has 224 valence electrons. The van der Waals surface area contributed by atoms with Crippen molar-refractivity contribution in [2.45, 2.75) is 88.8 Å². The number of hydrogen-bond acceptors (Lipinski definition) is 5. The number of carbonyl (C=O) groups is 2. The summed E-state index contributed by atoms with van der Waals surface area (Å²) in [7, 11) is -4.63. The van der Waals surface area contributed by atoms with Gasteiger partial charge in [-0.05, 0) is 54.9 Å². The van der Waals surface area contributed by atoms with Gasteiger partial charge in [-0.3, -0.25) is 14.6 Å². The second-order valence-electron chi connectivity index (χ2n) is 11.7. The number of nitrogens with one attached hydrogen (secondary N) is 1. The molecule has 0 bridgehead atoms. The first-order valence-electron chi connectivity index (χ1n) is 13.6. The maximum atomic E-state index is 14.4. The number of halogens is 3. The summed E-state index contributed by atoms with van der Waals surface area (Å²) in [6, 6.07) is 4.12. The number of anilines is 1. The van der Waals surface area contributed by atoms with Crippen molar-refractivity contribution in [3.05, 3.63) is 59.7 Å². The Labute approximate surface area is 238 Å². The maximum absolute atomic E-state index is 14.4. The van der Waals surface area contributed by atoms with Crippen molar-refractivity contribution in [3.63, 3.8) is 0 Å². The Morgan fingerprint density at radius 2 is 1.76 bits per heavy atom. The Hall–Kier alpha value is -3.19. The molecule has 0 spiro atoms. The van der Waals surface area contributed by atoms with Gasteiger partial charge in [0.2, 0.25) is 17.7 Å². The van der Waals surface area contributed by atoms with Crippen LogP contribution < -0.4 is 15.4 Å². The van der Waals surface area contributed by atoms with Gasteiger partial charge < -0.3 is 11.1 Å². The number of benzene rings is 1. The largest absolute Gasteiger partial charge is 0.368 e. The predicted molar refractivity (Wildman–Crippen MR) is 148 cm³/mol. The number of hydrogen-bond donors (Lipinski definition) is 2. The van der Waals surface area contributed by atoms with E-state index in [4.69, 9.17) is 5.73 Å². The van der Waals surface area contributed by atoms with E-state index in [1.807, 2.05) is 20.8 Å². The summed E-state index contributed by atoms with van der Waals surface area (Å²) in [6.07, 6.45) is 1.83. The van der Waals surface area contributed by atoms with Crippen molar-refractivity contribution in [1.82, 2.24) is 14.6 Å². The first kappa shape index (κ1) is 30.8. The van der Waals surface area contributed by atoms with Crippen LogP contribution in [0.3, 0.4) is 0 Å². The third kappa shape index (κ3) is 6.83. The molecule has 13 heteroatoms. The fourth-order valence-electron chi connectivity index (χ4n) is 5.37. The number of nitrogens with zero attached hydrogens (tertiary/aromatic N) is 3. The van der Waals surface area contributed by atoms with Gasteiger partial charge >= 0.3 is 10.2 Å². The smallest absolute Gasteiger partial charge is 0.305 e. The van der Waals surface area contributed by atoms with E-state index in [1.165, 1.54) is 6.20 Å². The van der Waals surface area contributed by atoms with Crippen LogP contribution >= 0.6 is 0 Å². The minimum Gasteiger partial charge on any atom is -0.368 e. The molecule has 0 radical (unpaired) electrons. The summed E-state index contributed by atoms with van der Waals surface area (Å²) in [6.45, 7) is 5.95. The van der Waals surface area contributed by atoms with Crippen molar-refractivity contribution in [2.24, 2.45) is 5.73 Å². The van der Waals surface area contributed by atoms with Gasteiger partial charge in [0.1, 0.15) is 11.9 Å². The highest BCUT2D eigenvalue weighted by molar-refractivity contribution is 7.90. The normalized spacial score (nSPS) is 20.9. The van der Waals surface area contributed by atoms with Gasteiger partial charge in [0.05, 0.1) is 11.9 Å². The second kappa shape index (κ2) is 11.6. The van der Waals surface area contributed by atoms with Gasteiger partial charge in [-0.2, -0.15) is 12.7 Å². The van der Waals surface area contributed by atoms with Crippen LogP contribution in [-0.2, 0) is 25.2 Å². The highest BCUT2D eigenvalue weighted by Crippen LogP contribution is 2.37. The zero-order chi connectivity index (χ0) is 30.2. The zero-order valence-electron chi connectivity index (χ0n) is 23.3. The van der Waals surface area contributed by atoms with E-state index in [0.29, 0.717) is 6.42 Å². The van der Waals surface area contributed by atoms with E-state index in [-0.39, 0.29) is 42.5 Å². The molecule has 2 amide bonds. The molecule has 2 aromatic rings. The summed E-state index contributed by atoms with van der Waals surface area (Å²) >= 11 is 0. The molecule has 9 nitrogen and oxygen atoms in total. The summed E-state index contributed by atoms with van der Waals surface area (Å²) in [5, 5.41) is 2.72. The lowest BCUT2D eigenvalue weighted by atomic mass is 9.87. The van der Waals surface area contributed by atoms with E-state index < -0.39 is 64.7 Å². The number of nitrogens with two attached hydrogens (primary N) is 1. The average molecular weight is 596 g/mol. The van der Waals surface area contributed by atoms with Crippen LogP contribution in [0.25, 0.3) is 0 Å². The Morgan fingerprint density at radius 1 is 1.12 bits per heavy atom. The summed E-state index contributed by atoms with van der Waals surface area (Å²) in [4.78, 5) is 30.0. The summed E-state index contributed by atoms with van der Waals surface area (Å²) in [5.74, 6) is -5.29. The van der Waals surface area contributed by atoms with Crippen molar-refractivity contribution < 1.29 is 31.2 Å². The topological polar surface area (TPSA) is 126 Å². The van der Waals surface area contributed by atoms with Gasteiger partial charge in [-0.25, -0.2) is 17.5 Å². The molecule has 3 N–H and O–H groups in total. The molecule has 2 fully saturated rings. The molecule has 2 aliphatic rings. The number of aromatic nitrogens is 1. The molecular weight excluding hydrogens is 559 g/mol. The SMILES string of the molecule is CC(C)(C)c1ccc(N(C(C(=O)NC2CCC(F)(F)CC2)c2cncc(F)c2)S(=O)(=O)N2CCC[C@@H]2C(N)=O)cc1. The molecule has 1 unspecified atom stereocenters. The molecule has 1 aliphatic heterocycles. The minimum absolute atomic E-state index is 0.00420. The minimum atomic E-state index is -4.63. The predicted octanol–water partition coefficient (Wildman–Crippen LogP) is 3.95. The van der Waals surface area contributed by atoms with E-state index >= 15 is 0 Å². The number of carbonyl (C=O) groups excluding carboxylic acids is 2. The lowest BCUT2D eigenvalue weighted by Crippen LogP contribution is -2.54. The Balaban J connectivity index is 1.84. The van der Waals surface area contributed by atoms with Crippen LogP contribution in [0.15, 0.2) is 42.7 Å². The third-order valence-electron chi connectivity index (χ3n) is 7.65. The molecule has 1 aromatic carbocycles. The summed E-state index contributed by atoms with van der Waals surface area (Å²) < 4.78 is 72.5. The maximum Gasteiger partial charge on any atom is 0.305 e. The Morgan fingerprint density at radius 3 is 2.32 bits per heavy atom. The molecule has 1 aromatic heterocycles. The quantitative estimate of drug-likeness (QED) is 0.478. The number of alkyl halides is 2. The summed E-state index contributed by atoms with van der Waals surface area (Å²) in [5.41, 5.74) is 6.19. The van der Waals surface area contributed by atoms with Gasteiger partial charge in [0, 0.05) is 37.2 Å². The first-order valence-corrected chi connectivity index (χ1v) is 15.0. The van der Waals surface area contributed by atoms with E-state index in [1.54, 1.807) is 24.3 Å². The van der Waals surface area contributed by atoms with E-state index in [2.05, 4.69) is 10.3 Å². The van der Waals surface area contributed by atoms with Crippen molar-refractivity contribution in [1.29, 1.82) is 0 Å². The monoisotopic (exact) mass is 595 g/mol. The first-order chi connectivity index (χ1) is 19.1. The highest BCUT2D eigenvalue weighted by atomic mass is 32.2. The van der Waals surface area contributed by atoms with Crippen molar-refractivity contribution in [2.75, 3.05) is 10.8 Å². The lowest BCUT2D eigenvalue weighted by Gasteiger charge is -2.37. The zero-order valence-corrected chi connectivity index (χ0v) is 24.1. The van der Waals surface area contributed by atoms with Crippen LogP contribution in [0.1, 0.15) is 76.5 Å². The van der Waals surface area contributed by atoms with Crippen LogP contribution in [-0.4, -0.2) is 54.1 Å². The second-order valence-corrected chi connectivity index (χ2v) is 13.5. The van der Waals surface area contributed by atoms with Gasteiger partial charge in [-0.1, -0.05) is 32.9 Å². The Kier molecular flexibility index (Phi) is 8.70. The number of amides is 2. The number of primary amides is 1. The van der Waals surface area contributed by atoms with Crippen LogP contribution in [0.2, 0.25) is 0 Å². The third-order valence-corrected chi connectivity index (χ3v) is 9.60. The van der Waals surface area contributed by atoms with Crippen molar-refractivity contribution in [3.8, 4) is 0 Å². The molecule has 1 aliphatic carbocycles. The highest BCUT2D eigenvalue weighted by Gasteiger charge is 2.46. The van der Waals surface area contributed by atoms with E-state index in [9.17, 15) is 31.2 Å². The van der Waals surface area contributed by atoms with Gasteiger partial charge in [0.15, 0.2) is 6.04 Å². The average Bonchev–Trinajstić information content (AvgIpc) is 3.39. The van der Waals surface area contributed by atoms with Gasteiger partial charge in [-0.15, -0.1) is 0 Å². The molecule has 1 saturated heterocycles. The standard InChI is InChI=1S/C28H36F3N5O4S/c1-27(2,3)19-6-8-22(9-7-19)36(41(39,40)35-14-4-5-23(35)25(32)37)24(18-15-20(29)17-33-16-18)26(38)34-21-10-12-28(30,31)13-11-21/h6-9,15-17,21,23-24H,4-5,10-14H2,1-3H3,(H2,32,37)(H,34,38)/t23-,24?/m1/s1. The molecule has 1 saturated carbocycles. The van der Waals surface area contributed by atoms with Crippen LogP contribution in [0, 0.1) is 5.82 Å². The van der Waals surface area contributed by atoms with Gasteiger partial charge in [0.25, 0.3) is 0 Å². The molecular formula is C28H36F3N5O4S. The van der Waals surface area contributed by atoms with E-state index in [0.717, 1.165) is 26.4 Å². The molecule has 41 heavy (non-hydrogen) atoms. The fourth-order valence-corrected chi connectivity index (χ4v) is 7.36. The van der Waals surface area contributed by atoms with Crippen LogP contribution in [0.5, 0.6) is 0 Å². The number of pyridine rings is 1. The fraction of sp³-hybridized carbons (Fsp3) is 0.536. The molecule has 2 heterocycles. The Bertz CT molecular complexity index is 1370. The molecule has 2 atom stereocenters. The lowest BCUT2D eigenvalue weighted by molar-refractivity contribution is -0.124. The molecule has 4 rings (SSSR count). The number of rotatable bonds is 8. The van der Waals surface area contributed by atoms with Crippen LogP contribution in [0.4, 0.5) is 18.9 Å². The van der Waals surface area contributed by atoms with Crippen molar-refractivity contribution >= 4 is 27.7 Å².